The number of hydrogen-bond acceptors (Lipinski definition) is 4. The largest absolute Gasteiger partial charge is 0.894 e. The molecule has 0 aliphatic heterocycles. The van der Waals surface area contributed by atoms with E-state index in [1.807, 2.05) is 0 Å². The molecule has 0 radical (unpaired) electrons. The molecule has 0 heterocycles. The van der Waals surface area contributed by atoms with Gasteiger partial charge in [0.1, 0.15) is 0 Å². The van der Waals surface area contributed by atoms with Gasteiger partial charge in [-0.25, -0.2) is 0 Å². The van der Waals surface area contributed by atoms with Gasteiger partial charge in [-0.2, -0.15) is 0 Å². The minimum atomic E-state index is -5.61. The van der Waals surface area contributed by atoms with E-state index in [0.717, 1.165) is 0 Å². The molecule has 0 unspecified atom stereocenters. The Labute approximate surface area is 45.5 Å². The molecule has 0 atom stereocenters. The average Bonchev–Trinajstić information content (AvgIpc) is 0.722. The van der Waals surface area contributed by atoms with Gasteiger partial charge in [-0.3, -0.25) is 0 Å². The molecule has 0 bridgehead atoms. The van der Waals surface area contributed by atoms with Crippen molar-refractivity contribution >= 4 is 9.05 Å². The second kappa shape index (κ2) is 2.68. The summed E-state index contributed by atoms with van der Waals surface area (Å²) < 4.78 is 0. The van der Waals surface area contributed by atoms with E-state index in [-0.39, 0.29) is 16.5 Å². The summed E-state index contributed by atoms with van der Waals surface area (Å²) in [6, 6.07) is 0. The topological polar surface area (TPSA) is 92.2 Å². The van der Waals surface area contributed by atoms with Crippen LogP contribution in [0.2, 0.25) is 0 Å². The Kier molecular flexibility index (Phi) is 4.35. The molecule has 0 aliphatic carbocycles. The van der Waals surface area contributed by atoms with Gasteiger partial charge in [0.15, 0.2) is 0 Å². The van der Waals surface area contributed by atoms with Crippen LogP contribution in [-0.2, 0) is 16.5 Å². The Morgan fingerprint density at radius 3 is 0.833 bits per heavy atom. The summed E-state index contributed by atoms with van der Waals surface area (Å²) in [5.74, 6) is 0. The third-order valence-corrected chi connectivity index (χ3v) is 0. The van der Waals surface area contributed by atoms with Crippen LogP contribution in [0.4, 0.5) is 0 Å². The maximum Gasteiger partial charge on any atom is 0 e. The van der Waals surface area contributed by atoms with Gasteiger partial charge in [0, 0.05) is 16.5 Å². The van der Waals surface area contributed by atoms with Crippen molar-refractivity contribution in [1.29, 1.82) is 0 Å². The quantitative estimate of drug-likeness (QED) is 0.323. The van der Waals surface area contributed by atoms with Gasteiger partial charge in [0.05, 0.1) is 0 Å². The summed E-state index contributed by atoms with van der Waals surface area (Å²) in [5.41, 5.74) is 0. The molecule has 6 heteroatoms. The van der Waals surface area contributed by atoms with E-state index >= 15 is 0 Å². The summed E-state index contributed by atoms with van der Waals surface area (Å²) in [6.07, 6.45) is 0. The summed E-state index contributed by atoms with van der Waals surface area (Å²) in [7, 11) is -5.61. The van der Waals surface area contributed by atoms with Gasteiger partial charge in [-0.05, 0) is 0 Å². The third kappa shape index (κ3) is 189. The minimum absolute atomic E-state index is 0. The fourth-order valence-electron chi connectivity index (χ4n) is 0. The molecule has 0 saturated carbocycles. The second-order valence-electron chi connectivity index (χ2n) is 0.500. The maximum absolute atomic E-state index is 8.58. The molecule has 0 spiro atoms. The number of hydrogen-bond donors (Lipinski definition) is 0. The van der Waals surface area contributed by atoms with Crippen LogP contribution in [0.15, 0.2) is 0 Å². The van der Waals surface area contributed by atoms with Gasteiger partial charge in [0.2, 0.25) is 0 Å². The molecule has 0 aromatic rings. The van der Waals surface area contributed by atoms with Crippen LogP contribution in [0, 0.1) is 0 Å². The first-order valence-electron chi connectivity index (χ1n) is 0.816. The Morgan fingerprint density at radius 1 is 0.833 bits per heavy atom. The van der Waals surface area contributed by atoms with Gasteiger partial charge < -0.3 is 28.2 Å². The molecule has 0 aromatic heterocycles. The van der Waals surface area contributed by atoms with E-state index in [0.29, 0.717) is 0 Å². The smallest absolute Gasteiger partial charge is 0 e. The molecule has 0 aliphatic rings. The zero-order valence-electron chi connectivity index (χ0n) is 2.45. The van der Waals surface area contributed by atoms with Crippen molar-refractivity contribution in [2.75, 3.05) is 0 Å². The van der Waals surface area contributed by atoms with E-state index < -0.39 is 9.05 Å². The van der Waals surface area contributed by atoms with E-state index in [1.54, 1.807) is 0 Å². The summed E-state index contributed by atoms with van der Waals surface area (Å²) in [4.78, 5) is 34.3. The molecule has 0 rings (SSSR count). The van der Waals surface area contributed by atoms with E-state index in [1.165, 1.54) is 0 Å². The summed E-state index contributed by atoms with van der Waals surface area (Å²) >= 11 is 0. The predicted molar refractivity (Wildman–Crippen MR) is 5.75 cm³/mol. The SMILES string of the molecule is [Ni].[O-][Si]([O-])([O-])[O-]. The molecule has 0 aromatic carbocycles. The molecule has 0 amide bonds. The van der Waals surface area contributed by atoms with E-state index in [4.69, 9.17) is 19.2 Å². The van der Waals surface area contributed by atoms with Crippen LogP contribution >= 0.6 is 0 Å². The summed E-state index contributed by atoms with van der Waals surface area (Å²) in [6.45, 7) is 0. The van der Waals surface area contributed by atoms with Crippen molar-refractivity contribution in [3.63, 3.8) is 0 Å². The molecule has 0 N–H and O–H groups in total. The second-order valence-corrected chi connectivity index (χ2v) is 1.50. The van der Waals surface area contributed by atoms with Crippen LogP contribution < -0.4 is 19.2 Å². The van der Waals surface area contributed by atoms with Gasteiger partial charge >= 0.3 is 0 Å². The predicted octanol–water partition coefficient (Wildman–Crippen LogP) is -5.14. The third-order valence-electron chi connectivity index (χ3n) is 0. The summed E-state index contributed by atoms with van der Waals surface area (Å²) in [5, 5.41) is 0. The fraction of sp³-hybridized carbons (Fsp3) is 0. The maximum atomic E-state index is 8.58. The van der Waals surface area contributed by atoms with Crippen LogP contribution in [-0.4, -0.2) is 9.05 Å². The van der Waals surface area contributed by atoms with Crippen molar-refractivity contribution in [2.45, 2.75) is 0 Å². The van der Waals surface area contributed by atoms with E-state index in [9.17, 15) is 0 Å². The zero-order chi connectivity index (χ0) is 4.50. The Hall–Kier alpha value is 0.550. The van der Waals surface area contributed by atoms with Gasteiger partial charge in [-0.1, -0.05) is 0 Å². The molecule has 0 saturated heterocycles. The van der Waals surface area contributed by atoms with Crippen LogP contribution in [0.25, 0.3) is 0 Å². The van der Waals surface area contributed by atoms with Crippen molar-refractivity contribution in [1.82, 2.24) is 0 Å². The molecular weight excluding hydrogens is 151 g/mol. The molecule has 6 heavy (non-hydrogen) atoms. The zero-order valence-corrected chi connectivity index (χ0v) is 4.44. The molecule has 4 nitrogen and oxygen atoms in total. The van der Waals surface area contributed by atoms with Crippen molar-refractivity contribution in [3.05, 3.63) is 0 Å². The molecule has 42 valence electrons. The number of rotatable bonds is 0. The molecule has 0 fully saturated rings. The van der Waals surface area contributed by atoms with Gasteiger partial charge in [-0.15, -0.1) is 0 Å². The average molecular weight is 151 g/mol. The monoisotopic (exact) mass is 150 g/mol. The minimum Gasteiger partial charge on any atom is -0.894 e. The first-order chi connectivity index (χ1) is 2.00. The van der Waals surface area contributed by atoms with E-state index in [2.05, 4.69) is 0 Å². The first-order valence-corrected chi connectivity index (χ1v) is 2.45. The first kappa shape index (κ1) is 9.75. The Morgan fingerprint density at radius 2 is 0.833 bits per heavy atom. The standard InChI is InChI=1S/Ni.O4Si/c;1-5(2,3)4/q;-4. The Bertz CT molecular complexity index is 23.0. The van der Waals surface area contributed by atoms with Crippen LogP contribution in [0.1, 0.15) is 0 Å². The van der Waals surface area contributed by atoms with Crippen molar-refractivity contribution in [3.8, 4) is 0 Å². The van der Waals surface area contributed by atoms with Gasteiger partial charge in [0.25, 0.3) is 0 Å². The van der Waals surface area contributed by atoms with Crippen LogP contribution in [0.3, 0.4) is 0 Å². The normalized spacial score (nSPS) is 10.0. The molecular formula is NiO4Si-4. The Balaban J connectivity index is 0. The van der Waals surface area contributed by atoms with Crippen molar-refractivity contribution < 1.29 is 35.7 Å². The fourth-order valence-corrected chi connectivity index (χ4v) is 0. The van der Waals surface area contributed by atoms with Crippen molar-refractivity contribution in [2.24, 2.45) is 0 Å². The van der Waals surface area contributed by atoms with Crippen LogP contribution in [0.5, 0.6) is 0 Å².